The lowest BCUT2D eigenvalue weighted by atomic mass is 9.96. The van der Waals surface area contributed by atoms with E-state index in [0.29, 0.717) is 17.5 Å². The van der Waals surface area contributed by atoms with Crippen LogP contribution in [0.25, 0.3) is 148 Å². The molecule has 7 heteroatoms. The number of benzene rings is 10. The maximum Gasteiger partial charge on any atom is 0.165 e. The summed E-state index contributed by atoms with van der Waals surface area (Å²) < 4.78 is 17.7. The summed E-state index contributed by atoms with van der Waals surface area (Å²) in [5, 5.41) is 8.92. The Morgan fingerprint density at radius 3 is 1.80 bits per heavy atom. The molecule has 0 bridgehead atoms. The first-order chi connectivity index (χ1) is 34.7. The number of fused-ring (bicyclic) bond motifs is 12. The number of hydrogen-bond acceptors (Lipinski definition) is 6. The largest absolute Gasteiger partial charge is 0.456 e. The molecule has 15 rings (SSSR count). The predicted octanol–water partition coefficient (Wildman–Crippen LogP) is 17.5. The minimum atomic E-state index is 0.561. The van der Waals surface area contributed by atoms with E-state index in [-0.39, 0.29) is 0 Å². The SMILES string of the molecule is c1ccc(-n2c3ccccc3c3cc(-c4cccc(-c5ccc6oc7cccc(-c8nc(-c9ccc%10c(c9)oc9ccccc9%10)nc(-c9cccc%10c9sc9ccccc9%10)n8)c7c6c5)c4)ccc32)cc1. The summed E-state index contributed by atoms with van der Waals surface area (Å²) in [5.41, 5.74) is 13.9. The Bertz CT molecular complexity index is 4620. The van der Waals surface area contributed by atoms with Crippen LogP contribution in [-0.4, -0.2) is 19.5 Å². The minimum absolute atomic E-state index is 0.561. The summed E-state index contributed by atoms with van der Waals surface area (Å²) in [6, 6.07) is 76.9. The van der Waals surface area contributed by atoms with E-state index in [4.69, 9.17) is 23.8 Å². The number of nitrogens with zero attached hydrogens (tertiary/aromatic N) is 4. The van der Waals surface area contributed by atoms with Crippen molar-refractivity contribution in [1.82, 2.24) is 19.5 Å². The molecule has 5 heterocycles. The average Bonchev–Trinajstić information content (AvgIpc) is 4.19. The summed E-state index contributed by atoms with van der Waals surface area (Å²) in [6.07, 6.45) is 0. The van der Waals surface area contributed by atoms with Crippen molar-refractivity contribution < 1.29 is 8.83 Å². The van der Waals surface area contributed by atoms with Crippen LogP contribution in [0.2, 0.25) is 0 Å². The first kappa shape index (κ1) is 38.9. The van der Waals surface area contributed by atoms with Gasteiger partial charge in [0.15, 0.2) is 17.5 Å². The molecular weight excluding hydrogens is 877 g/mol. The van der Waals surface area contributed by atoms with Gasteiger partial charge in [-0.2, -0.15) is 0 Å². The molecule has 0 saturated heterocycles. The Balaban J connectivity index is 0.883. The van der Waals surface area contributed by atoms with E-state index in [1.54, 1.807) is 11.3 Å². The highest BCUT2D eigenvalue weighted by molar-refractivity contribution is 7.26. The number of thiophene rings is 1. The third-order valence-corrected chi connectivity index (χ3v) is 15.1. The zero-order valence-electron chi connectivity index (χ0n) is 37.3. The molecule has 0 aliphatic heterocycles. The number of hydrogen-bond donors (Lipinski definition) is 0. The predicted molar refractivity (Wildman–Crippen MR) is 289 cm³/mol. The molecule has 15 aromatic rings. The monoisotopic (exact) mass is 912 g/mol. The molecule has 6 nitrogen and oxygen atoms in total. The van der Waals surface area contributed by atoms with Crippen molar-refractivity contribution in [2.75, 3.05) is 0 Å². The van der Waals surface area contributed by atoms with Gasteiger partial charge in [-0.1, -0.05) is 133 Å². The Hall–Kier alpha value is -9.17. The second kappa shape index (κ2) is 15.2. The van der Waals surface area contributed by atoms with E-state index in [2.05, 4.69) is 187 Å². The number of para-hydroxylation sites is 3. The Morgan fingerprint density at radius 1 is 0.329 bits per heavy atom. The van der Waals surface area contributed by atoms with E-state index in [9.17, 15) is 0 Å². The molecule has 10 aromatic carbocycles. The molecule has 5 aromatic heterocycles. The molecule has 0 saturated carbocycles. The lowest BCUT2D eigenvalue weighted by molar-refractivity contribution is 0.668. The summed E-state index contributed by atoms with van der Waals surface area (Å²) in [5.74, 6) is 1.73. The van der Waals surface area contributed by atoms with Gasteiger partial charge in [-0.05, 0) is 107 Å². The smallest absolute Gasteiger partial charge is 0.165 e. The fraction of sp³-hybridized carbons (Fsp3) is 0. The summed E-state index contributed by atoms with van der Waals surface area (Å²) in [6.45, 7) is 0. The number of rotatable bonds is 6. The van der Waals surface area contributed by atoms with E-state index in [0.717, 1.165) is 93.2 Å². The third-order valence-electron chi connectivity index (χ3n) is 13.9. The van der Waals surface area contributed by atoms with Crippen LogP contribution in [0.5, 0.6) is 0 Å². The molecular formula is C63H36N4O2S. The molecule has 0 N–H and O–H groups in total. The lowest BCUT2D eigenvalue weighted by Gasteiger charge is -2.10. The first-order valence-corrected chi connectivity index (χ1v) is 24.2. The third kappa shape index (κ3) is 6.02. The van der Waals surface area contributed by atoms with Crippen LogP contribution in [0.15, 0.2) is 227 Å². The number of furan rings is 2. The van der Waals surface area contributed by atoms with Crippen LogP contribution in [0, 0.1) is 0 Å². The average molecular weight is 913 g/mol. The molecule has 0 fully saturated rings. The molecule has 0 unspecified atom stereocenters. The Kier molecular flexibility index (Phi) is 8.43. The quantitative estimate of drug-likeness (QED) is 0.166. The van der Waals surface area contributed by atoms with Crippen LogP contribution in [0.1, 0.15) is 0 Å². The van der Waals surface area contributed by atoms with Crippen LogP contribution in [-0.2, 0) is 0 Å². The van der Waals surface area contributed by atoms with Crippen LogP contribution >= 0.6 is 11.3 Å². The highest BCUT2D eigenvalue weighted by Crippen LogP contribution is 2.43. The van der Waals surface area contributed by atoms with Crippen molar-refractivity contribution in [2.24, 2.45) is 0 Å². The maximum absolute atomic E-state index is 6.62. The van der Waals surface area contributed by atoms with Gasteiger partial charge >= 0.3 is 0 Å². The van der Waals surface area contributed by atoms with E-state index in [1.807, 2.05) is 36.4 Å². The fourth-order valence-electron chi connectivity index (χ4n) is 10.6. The van der Waals surface area contributed by atoms with Crippen molar-refractivity contribution in [2.45, 2.75) is 0 Å². The second-order valence-corrected chi connectivity index (χ2v) is 18.9. The zero-order valence-corrected chi connectivity index (χ0v) is 38.1. The fourth-order valence-corrected chi connectivity index (χ4v) is 11.8. The molecule has 0 spiro atoms. The van der Waals surface area contributed by atoms with Gasteiger partial charge in [0.25, 0.3) is 0 Å². The van der Waals surface area contributed by atoms with Crippen LogP contribution in [0.3, 0.4) is 0 Å². The Morgan fingerprint density at radius 2 is 0.914 bits per heavy atom. The molecule has 326 valence electrons. The molecule has 0 atom stereocenters. The van der Waals surface area contributed by atoms with E-state index >= 15 is 0 Å². The molecule has 70 heavy (non-hydrogen) atoms. The standard InChI is InChI=1S/C63H36N4O2S/c1-2-15-42(16-3-1)67-52-23-7-4-17-43(52)50-34-39(28-31-53(50)67)37-13-10-14-38(33-37)40-29-32-55-51(35-40)59-48(21-12-25-56(59)68-55)62-64-61(41-27-30-45-44-18-5-8-24-54(44)69-57(45)36-41)65-63(66-62)49-22-11-20-47-46-19-6-9-26-58(46)70-60(47)49/h1-36H. The van der Waals surface area contributed by atoms with Gasteiger partial charge in [-0.3, -0.25) is 0 Å². The summed E-state index contributed by atoms with van der Waals surface area (Å²) >= 11 is 1.76. The van der Waals surface area contributed by atoms with Crippen molar-refractivity contribution in [3.8, 4) is 62.1 Å². The second-order valence-electron chi connectivity index (χ2n) is 17.9. The van der Waals surface area contributed by atoms with Gasteiger partial charge in [-0.15, -0.1) is 11.3 Å². The number of aromatic nitrogens is 4. The van der Waals surface area contributed by atoms with Gasteiger partial charge < -0.3 is 13.4 Å². The highest BCUT2D eigenvalue weighted by Gasteiger charge is 2.21. The summed E-state index contributed by atoms with van der Waals surface area (Å²) in [7, 11) is 0. The van der Waals surface area contributed by atoms with E-state index < -0.39 is 0 Å². The van der Waals surface area contributed by atoms with Crippen molar-refractivity contribution in [3.63, 3.8) is 0 Å². The van der Waals surface area contributed by atoms with Gasteiger partial charge in [-0.25, -0.2) is 15.0 Å². The highest BCUT2D eigenvalue weighted by atomic mass is 32.1. The molecule has 0 amide bonds. The normalized spacial score (nSPS) is 12.0. The van der Waals surface area contributed by atoms with Gasteiger partial charge in [0.2, 0.25) is 0 Å². The zero-order chi connectivity index (χ0) is 45.9. The Labute approximate surface area is 404 Å². The van der Waals surface area contributed by atoms with Gasteiger partial charge in [0, 0.05) is 74.9 Å². The van der Waals surface area contributed by atoms with Crippen molar-refractivity contribution in [1.29, 1.82) is 0 Å². The van der Waals surface area contributed by atoms with Crippen molar-refractivity contribution >= 4 is 97.2 Å². The molecule has 0 aliphatic carbocycles. The van der Waals surface area contributed by atoms with Gasteiger partial charge in [0.1, 0.15) is 22.3 Å². The van der Waals surface area contributed by atoms with E-state index in [1.165, 1.54) is 37.3 Å². The maximum atomic E-state index is 6.62. The van der Waals surface area contributed by atoms with Crippen molar-refractivity contribution in [3.05, 3.63) is 218 Å². The topological polar surface area (TPSA) is 69.9 Å². The lowest BCUT2D eigenvalue weighted by Crippen LogP contribution is -2.00. The van der Waals surface area contributed by atoms with Crippen LogP contribution in [0.4, 0.5) is 0 Å². The summed E-state index contributed by atoms with van der Waals surface area (Å²) in [4.78, 5) is 15.9. The molecule has 0 aliphatic rings. The first-order valence-electron chi connectivity index (χ1n) is 23.4. The minimum Gasteiger partial charge on any atom is -0.456 e. The van der Waals surface area contributed by atoms with Gasteiger partial charge in [0.05, 0.1) is 11.0 Å². The molecule has 0 radical (unpaired) electrons. The van der Waals surface area contributed by atoms with Crippen LogP contribution < -0.4 is 0 Å².